The largest absolute Gasteiger partial charge is 0.456 e. The Balaban J connectivity index is 1.68. The molecule has 6 nitrogen and oxygen atoms in total. The highest BCUT2D eigenvalue weighted by Gasteiger charge is 2.17. The van der Waals surface area contributed by atoms with E-state index in [1.54, 1.807) is 42.5 Å². The first-order valence-corrected chi connectivity index (χ1v) is 8.06. The minimum Gasteiger partial charge on any atom is -0.456 e. The monoisotopic (exact) mass is 366 g/mol. The van der Waals surface area contributed by atoms with Crippen LogP contribution in [0.2, 0.25) is 0 Å². The molecule has 2 aromatic carbocycles. The van der Waals surface area contributed by atoms with Crippen molar-refractivity contribution in [3.8, 4) is 11.3 Å². The van der Waals surface area contributed by atoms with Crippen LogP contribution in [0.3, 0.4) is 0 Å². The van der Waals surface area contributed by atoms with Crippen LogP contribution in [0, 0.1) is 10.1 Å². The van der Waals surface area contributed by atoms with Crippen LogP contribution in [0.15, 0.2) is 69.5 Å². The Morgan fingerprint density at radius 2 is 1.81 bits per heavy atom. The normalized spacial score (nSPS) is 11.8. The van der Waals surface area contributed by atoms with Crippen LogP contribution in [0.1, 0.15) is 11.7 Å². The highest BCUT2D eigenvalue weighted by atomic mass is 35.5. The molecule has 4 rings (SSSR count). The zero-order chi connectivity index (χ0) is 18.1. The molecule has 2 heterocycles. The summed E-state index contributed by atoms with van der Waals surface area (Å²) in [6.07, 6.45) is 1.56. The molecule has 7 heteroatoms. The summed E-state index contributed by atoms with van der Waals surface area (Å²) in [5, 5.41) is 11.4. The Morgan fingerprint density at radius 3 is 2.62 bits per heavy atom. The summed E-state index contributed by atoms with van der Waals surface area (Å²) in [6, 6.07) is 17.0. The number of para-hydroxylation sites is 3. The maximum Gasteiger partial charge on any atom is 0.280 e. The first kappa shape index (κ1) is 16.1. The van der Waals surface area contributed by atoms with Crippen molar-refractivity contribution < 1.29 is 13.8 Å². The third-order valence-corrected chi connectivity index (χ3v) is 4.03. The van der Waals surface area contributed by atoms with E-state index in [9.17, 15) is 10.1 Å². The highest BCUT2D eigenvalue weighted by Crippen LogP contribution is 2.32. The van der Waals surface area contributed by atoms with Gasteiger partial charge in [-0.1, -0.05) is 35.9 Å². The lowest BCUT2D eigenvalue weighted by atomic mass is 10.1. The summed E-state index contributed by atoms with van der Waals surface area (Å²) in [6.45, 7) is 0. The minimum atomic E-state index is -0.446. The number of nitro benzene ring substituents is 1. The van der Waals surface area contributed by atoms with Crippen molar-refractivity contribution in [2.45, 2.75) is 0 Å². The maximum atomic E-state index is 11.2. The molecule has 4 aromatic rings. The van der Waals surface area contributed by atoms with Gasteiger partial charge in [0.05, 0.1) is 10.5 Å². The zero-order valence-corrected chi connectivity index (χ0v) is 14.0. The SMILES string of the molecule is O=[N+]([O-])c1ccccc1-c1ccc(/C=C(\Cl)c2nc3ccccc3o2)o1. The number of nitrogens with zero attached hydrogens (tertiary/aromatic N) is 2. The maximum absolute atomic E-state index is 11.2. The van der Waals surface area contributed by atoms with Crippen LogP contribution in [-0.4, -0.2) is 9.91 Å². The van der Waals surface area contributed by atoms with Crippen molar-refractivity contribution in [3.63, 3.8) is 0 Å². The fraction of sp³-hybridized carbons (Fsp3) is 0. The van der Waals surface area contributed by atoms with Crippen LogP contribution in [-0.2, 0) is 0 Å². The molecule has 0 radical (unpaired) electrons. The van der Waals surface area contributed by atoms with Gasteiger partial charge in [-0.3, -0.25) is 10.1 Å². The van der Waals surface area contributed by atoms with Crippen molar-refractivity contribution in [3.05, 3.63) is 82.4 Å². The van der Waals surface area contributed by atoms with Gasteiger partial charge < -0.3 is 8.83 Å². The number of benzene rings is 2. The number of hydrogen-bond donors (Lipinski definition) is 0. The van der Waals surface area contributed by atoms with E-state index in [0.717, 1.165) is 0 Å². The third kappa shape index (κ3) is 2.98. The topological polar surface area (TPSA) is 82.3 Å². The van der Waals surface area contributed by atoms with E-state index in [0.29, 0.717) is 28.2 Å². The molecular formula is C19H11ClN2O4. The van der Waals surface area contributed by atoms with Gasteiger partial charge in [0.15, 0.2) is 5.58 Å². The van der Waals surface area contributed by atoms with Gasteiger partial charge in [-0.2, -0.15) is 0 Å². The average molecular weight is 367 g/mol. The summed E-state index contributed by atoms with van der Waals surface area (Å²) >= 11 is 6.29. The third-order valence-electron chi connectivity index (χ3n) is 3.76. The highest BCUT2D eigenvalue weighted by molar-refractivity contribution is 6.50. The lowest BCUT2D eigenvalue weighted by molar-refractivity contribution is -0.384. The van der Waals surface area contributed by atoms with Gasteiger partial charge in [-0.25, -0.2) is 4.98 Å². The molecule has 0 aliphatic rings. The van der Waals surface area contributed by atoms with Gasteiger partial charge in [0, 0.05) is 12.1 Å². The van der Waals surface area contributed by atoms with Gasteiger partial charge in [0.1, 0.15) is 22.1 Å². The number of oxazole rings is 1. The first-order chi connectivity index (χ1) is 12.6. The molecule has 2 aromatic heterocycles. The Labute approximate surface area is 152 Å². The standard InChI is InChI=1S/C19H11ClN2O4/c20-14(19-21-15-6-2-4-8-18(15)26-19)11-12-9-10-17(25-12)13-5-1-3-7-16(13)22(23)24/h1-11H/b14-11-. The first-order valence-electron chi connectivity index (χ1n) is 7.68. The summed E-state index contributed by atoms with van der Waals surface area (Å²) in [7, 11) is 0. The van der Waals surface area contributed by atoms with Crippen LogP contribution in [0.5, 0.6) is 0 Å². The van der Waals surface area contributed by atoms with E-state index < -0.39 is 4.92 Å². The number of fused-ring (bicyclic) bond motifs is 1. The van der Waals surface area contributed by atoms with E-state index >= 15 is 0 Å². The molecule has 0 unspecified atom stereocenters. The second-order valence-corrected chi connectivity index (χ2v) is 5.86. The van der Waals surface area contributed by atoms with Gasteiger partial charge in [0.2, 0.25) is 5.89 Å². The second-order valence-electron chi connectivity index (χ2n) is 5.46. The fourth-order valence-corrected chi connectivity index (χ4v) is 2.77. The molecule has 0 amide bonds. The molecule has 0 bridgehead atoms. The van der Waals surface area contributed by atoms with Crippen LogP contribution >= 0.6 is 11.6 Å². The predicted octanol–water partition coefficient (Wildman–Crippen LogP) is 5.73. The van der Waals surface area contributed by atoms with Crippen LogP contribution in [0.25, 0.3) is 33.5 Å². The number of hydrogen-bond acceptors (Lipinski definition) is 5. The lowest BCUT2D eigenvalue weighted by Gasteiger charge is -1.98. The van der Waals surface area contributed by atoms with E-state index in [-0.39, 0.29) is 16.6 Å². The smallest absolute Gasteiger partial charge is 0.280 e. The van der Waals surface area contributed by atoms with Gasteiger partial charge in [-0.05, 0) is 30.3 Å². The molecule has 0 aliphatic carbocycles. The summed E-state index contributed by atoms with van der Waals surface area (Å²) in [5.41, 5.74) is 1.71. The Morgan fingerprint density at radius 1 is 1.04 bits per heavy atom. The molecule has 26 heavy (non-hydrogen) atoms. The molecule has 0 saturated carbocycles. The molecular weight excluding hydrogens is 356 g/mol. The van der Waals surface area contributed by atoms with E-state index in [4.69, 9.17) is 20.4 Å². The molecule has 0 N–H and O–H groups in total. The summed E-state index contributed by atoms with van der Waals surface area (Å²) in [5.74, 6) is 1.09. The quantitative estimate of drug-likeness (QED) is 0.340. The molecule has 0 fully saturated rings. The van der Waals surface area contributed by atoms with Crippen molar-refractivity contribution in [2.24, 2.45) is 0 Å². The van der Waals surface area contributed by atoms with E-state index in [1.807, 2.05) is 18.2 Å². The fourth-order valence-electron chi connectivity index (χ4n) is 2.58. The summed E-state index contributed by atoms with van der Waals surface area (Å²) < 4.78 is 11.3. The average Bonchev–Trinajstić information content (AvgIpc) is 3.28. The number of rotatable bonds is 4. The lowest BCUT2D eigenvalue weighted by Crippen LogP contribution is -1.90. The predicted molar refractivity (Wildman–Crippen MR) is 98.5 cm³/mol. The molecule has 128 valence electrons. The number of nitro groups is 1. The van der Waals surface area contributed by atoms with Crippen molar-refractivity contribution >= 4 is 39.5 Å². The number of halogens is 1. The molecule has 0 aliphatic heterocycles. The van der Waals surface area contributed by atoms with Crippen LogP contribution in [0.4, 0.5) is 5.69 Å². The number of furan rings is 1. The Kier molecular flexibility index (Phi) is 4.02. The minimum absolute atomic E-state index is 0.0255. The Hall–Kier alpha value is -3.38. The zero-order valence-electron chi connectivity index (χ0n) is 13.3. The number of aromatic nitrogens is 1. The van der Waals surface area contributed by atoms with Crippen LogP contribution < -0.4 is 0 Å². The molecule has 0 saturated heterocycles. The van der Waals surface area contributed by atoms with Crippen molar-refractivity contribution in [2.75, 3.05) is 0 Å². The second kappa shape index (κ2) is 6.50. The Bertz CT molecular complexity index is 1110. The van der Waals surface area contributed by atoms with Gasteiger partial charge in [0.25, 0.3) is 5.69 Å². The van der Waals surface area contributed by atoms with Crippen molar-refractivity contribution in [1.29, 1.82) is 0 Å². The van der Waals surface area contributed by atoms with Crippen molar-refractivity contribution in [1.82, 2.24) is 4.98 Å². The summed E-state index contributed by atoms with van der Waals surface area (Å²) in [4.78, 5) is 15.0. The molecule has 0 atom stereocenters. The van der Waals surface area contributed by atoms with E-state index in [2.05, 4.69) is 4.98 Å². The van der Waals surface area contributed by atoms with E-state index in [1.165, 1.54) is 6.07 Å². The van der Waals surface area contributed by atoms with Gasteiger partial charge in [-0.15, -0.1) is 0 Å². The molecule has 0 spiro atoms. The van der Waals surface area contributed by atoms with Gasteiger partial charge >= 0.3 is 0 Å².